The molecule has 1 aromatic carbocycles. The van der Waals surface area contributed by atoms with Gasteiger partial charge in [-0.3, -0.25) is 4.72 Å². The van der Waals surface area contributed by atoms with Crippen LogP contribution in [0.25, 0.3) is 11.0 Å². The minimum Gasteiger partial charge on any atom is -0.500 e. The molecule has 0 fully saturated rings. The molecule has 0 aliphatic heterocycles. The normalized spacial score (nSPS) is 14.9. The Hall–Kier alpha value is -2.54. The van der Waals surface area contributed by atoms with Gasteiger partial charge in [-0.05, 0) is 43.7 Å². The highest BCUT2D eigenvalue weighted by Crippen LogP contribution is 2.26. The molecule has 7 heteroatoms. The molecule has 0 spiro atoms. The number of hydrogen-bond acceptors (Lipinski definition) is 5. The number of aryl methyl sites for hydroxylation is 1. The van der Waals surface area contributed by atoms with Gasteiger partial charge in [-0.15, -0.1) is 0 Å². The van der Waals surface area contributed by atoms with Crippen LogP contribution in [0.5, 0.6) is 0 Å². The monoisotopic (exact) mass is 347 g/mol. The number of ether oxygens (including phenoxy) is 1. The molecule has 6 nitrogen and oxygen atoms in total. The van der Waals surface area contributed by atoms with Crippen molar-refractivity contribution in [3.63, 3.8) is 0 Å². The topological polar surface area (TPSA) is 85.6 Å². The molecule has 2 aromatic rings. The minimum atomic E-state index is -3.76. The van der Waals surface area contributed by atoms with E-state index in [1.807, 2.05) is 0 Å². The third kappa shape index (κ3) is 3.07. The van der Waals surface area contributed by atoms with Crippen molar-refractivity contribution in [3.05, 3.63) is 63.1 Å². The molecule has 0 atom stereocenters. The number of sulfonamides is 1. The second-order valence-corrected chi connectivity index (χ2v) is 7.16. The molecule has 24 heavy (non-hydrogen) atoms. The van der Waals surface area contributed by atoms with Crippen LogP contribution >= 0.6 is 0 Å². The third-order valence-electron chi connectivity index (χ3n) is 3.78. The number of methoxy groups -OCH3 is 1. The van der Waals surface area contributed by atoms with Crippen LogP contribution in [0.1, 0.15) is 18.4 Å². The fraction of sp³-hybridized carbons (Fsp3) is 0.235. The van der Waals surface area contributed by atoms with Crippen LogP contribution in [-0.2, 0) is 14.8 Å². The van der Waals surface area contributed by atoms with E-state index in [0.717, 1.165) is 6.42 Å². The molecule has 3 rings (SSSR count). The van der Waals surface area contributed by atoms with Gasteiger partial charge in [0.15, 0.2) is 0 Å². The predicted octanol–water partition coefficient (Wildman–Crippen LogP) is 3.05. The number of benzene rings is 1. The molecule has 0 saturated heterocycles. The number of hydrogen-bond donors (Lipinski definition) is 1. The first-order valence-corrected chi connectivity index (χ1v) is 8.90. The van der Waals surface area contributed by atoms with Gasteiger partial charge in [-0.1, -0.05) is 6.08 Å². The summed E-state index contributed by atoms with van der Waals surface area (Å²) in [4.78, 5) is 11.6. The average Bonchev–Trinajstić information content (AvgIpc) is 2.56. The lowest BCUT2D eigenvalue weighted by molar-refractivity contribution is 0.275. The van der Waals surface area contributed by atoms with Crippen molar-refractivity contribution in [2.75, 3.05) is 11.8 Å². The molecule has 1 N–H and O–H groups in total. The van der Waals surface area contributed by atoms with Crippen LogP contribution in [0.3, 0.4) is 0 Å². The highest BCUT2D eigenvalue weighted by atomic mass is 32.2. The van der Waals surface area contributed by atoms with Crippen molar-refractivity contribution in [2.45, 2.75) is 19.8 Å². The van der Waals surface area contributed by atoms with Crippen LogP contribution in [0.2, 0.25) is 0 Å². The Bertz CT molecular complexity index is 1010. The smallest absolute Gasteiger partial charge is 0.339 e. The lowest BCUT2D eigenvalue weighted by Crippen LogP contribution is -2.17. The lowest BCUT2D eigenvalue weighted by Gasteiger charge is -2.16. The van der Waals surface area contributed by atoms with Gasteiger partial charge >= 0.3 is 5.63 Å². The van der Waals surface area contributed by atoms with Gasteiger partial charge in [-0.2, -0.15) is 0 Å². The second-order valence-electron chi connectivity index (χ2n) is 5.51. The molecule has 1 aliphatic carbocycles. The summed E-state index contributed by atoms with van der Waals surface area (Å²) in [6.07, 6.45) is 4.65. The average molecular weight is 347 g/mol. The van der Waals surface area contributed by atoms with Gasteiger partial charge in [0.2, 0.25) is 0 Å². The van der Waals surface area contributed by atoms with E-state index >= 15 is 0 Å². The van der Waals surface area contributed by atoms with E-state index in [9.17, 15) is 13.2 Å². The maximum absolute atomic E-state index is 12.6. The zero-order valence-corrected chi connectivity index (χ0v) is 14.1. The Labute approximate surface area is 139 Å². The summed E-state index contributed by atoms with van der Waals surface area (Å²) in [6.45, 7) is 1.64. The van der Waals surface area contributed by atoms with E-state index in [2.05, 4.69) is 4.72 Å². The summed E-state index contributed by atoms with van der Waals surface area (Å²) in [5, 5.41) is 0.646. The van der Waals surface area contributed by atoms with Gasteiger partial charge in [-0.25, -0.2) is 13.2 Å². The lowest BCUT2D eigenvalue weighted by atomic mass is 10.2. The number of rotatable bonds is 4. The van der Waals surface area contributed by atoms with Crippen LogP contribution in [-0.4, -0.2) is 15.5 Å². The molecule has 0 unspecified atom stereocenters. The summed E-state index contributed by atoms with van der Waals surface area (Å²) in [6, 6.07) is 6.41. The van der Waals surface area contributed by atoms with Crippen molar-refractivity contribution < 1.29 is 17.6 Å². The standard InChI is InChI=1S/C17H17NO5S/c1-11-9-12-10-13(7-8-14(12)23-17(11)19)18-24(20,21)16-6-4-3-5-15(16)22-2/h4,6-10,18H,3,5H2,1-2H3. The van der Waals surface area contributed by atoms with E-state index in [0.29, 0.717) is 34.4 Å². The number of anilines is 1. The molecular formula is C17H17NO5S. The Morgan fingerprint density at radius 3 is 2.79 bits per heavy atom. The van der Waals surface area contributed by atoms with E-state index < -0.39 is 15.6 Å². The second kappa shape index (κ2) is 6.16. The quantitative estimate of drug-likeness (QED) is 0.859. The Balaban J connectivity index is 2.00. The zero-order chi connectivity index (χ0) is 17.3. The highest BCUT2D eigenvalue weighted by molar-refractivity contribution is 7.96. The van der Waals surface area contributed by atoms with Crippen molar-refractivity contribution in [1.29, 1.82) is 0 Å². The van der Waals surface area contributed by atoms with Crippen LogP contribution in [0.15, 0.2) is 56.3 Å². The van der Waals surface area contributed by atoms with Crippen LogP contribution < -0.4 is 10.3 Å². The first-order valence-electron chi connectivity index (χ1n) is 7.42. The maximum atomic E-state index is 12.6. The molecule has 1 aromatic heterocycles. The summed E-state index contributed by atoms with van der Waals surface area (Å²) in [7, 11) is -2.30. The minimum absolute atomic E-state index is 0.132. The Kier molecular flexibility index (Phi) is 4.19. The largest absolute Gasteiger partial charge is 0.500 e. The number of allylic oxidation sites excluding steroid dienone is 3. The predicted molar refractivity (Wildman–Crippen MR) is 92.2 cm³/mol. The van der Waals surface area contributed by atoms with E-state index in [1.54, 1.807) is 43.3 Å². The zero-order valence-electron chi connectivity index (χ0n) is 13.3. The third-order valence-corrected chi connectivity index (χ3v) is 5.22. The molecule has 1 aliphatic rings. The fourth-order valence-corrected chi connectivity index (χ4v) is 3.87. The van der Waals surface area contributed by atoms with Crippen molar-refractivity contribution in [1.82, 2.24) is 0 Å². The van der Waals surface area contributed by atoms with Crippen molar-refractivity contribution >= 4 is 26.7 Å². The van der Waals surface area contributed by atoms with Gasteiger partial charge in [0.25, 0.3) is 10.0 Å². The molecule has 0 bridgehead atoms. The molecule has 1 heterocycles. The van der Waals surface area contributed by atoms with Gasteiger partial charge in [0.05, 0.1) is 7.11 Å². The summed E-state index contributed by atoms with van der Waals surface area (Å²) < 4.78 is 38.1. The summed E-state index contributed by atoms with van der Waals surface area (Å²) >= 11 is 0. The van der Waals surface area contributed by atoms with Crippen LogP contribution in [0.4, 0.5) is 5.69 Å². The number of fused-ring (bicyclic) bond motifs is 1. The van der Waals surface area contributed by atoms with E-state index in [1.165, 1.54) is 7.11 Å². The highest BCUT2D eigenvalue weighted by Gasteiger charge is 2.23. The molecule has 0 saturated carbocycles. The van der Waals surface area contributed by atoms with Gasteiger partial charge in [0.1, 0.15) is 16.2 Å². The van der Waals surface area contributed by atoms with Crippen molar-refractivity contribution in [3.8, 4) is 0 Å². The molecule has 0 amide bonds. The molecular weight excluding hydrogens is 330 g/mol. The Morgan fingerprint density at radius 2 is 2.04 bits per heavy atom. The molecule has 0 radical (unpaired) electrons. The SMILES string of the molecule is COC1=C(S(=O)(=O)Nc2ccc3oc(=O)c(C)cc3c2)C=CCC1. The van der Waals surface area contributed by atoms with Crippen molar-refractivity contribution in [2.24, 2.45) is 0 Å². The summed E-state index contributed by atoms with van der Waals surface area (Å²) in [5.74, 6) is 0.438. The first-order chi connectivity index (χ1) is 11.4. The van der Waals surface area contributed by atoms with Gasteiger partial charge in [0, 0.05) is 23.1 Å². The maximum Gasteiger partial charge on any atom is 0.339 e. The molecule has 126 valence electrons. The Morgan fingerprint density at radius 1 is 1.25 bits per heavy atom. The summed E-state index contributed by atoms with van der Waals surface area (Å²) in [5.41, 5.74) is 0.848. The fourth-order valence-electron chi connectivity index (χ4n) is 2.56. The van der Waals surface area contributed by atoms with E-state index in [4.69, 9.17) is 9.15 Å². The number of nitrogens with one attached hydrogen (secondary N) is 1. The van der Waals surface area contributed by atoms with Crippen LogP contribution in [0, 0.1) is 6.92 Å². The first kappa shape index (κ1) is 16.3. The van der Waals surface area contributed by atoms with Gasteiger partial charge < -0.3 is 9.15 Å². The van der Waals surface area contributed by atoms with E-state index in [-0.39, 0.29) is 4.91 Å².